The van der Waals surface area contributed by atoms with E-state index in [0.717, 1.165) is 19.3 Å². The van der Waals surface area contributed by atoms with Crippen molar-refractivity contribution in [3.05, 3.63) is 21.9 Å². The van der Waals surface area contributed by atoms with E-state index in [4.69, 9.17) is 4.74 Å². The number of ether oxygens (including phenoxy) is 1. The minimum atomic E-state index is 0.148. The second-order valence-corrected chi connectivity index (χ2v) is 4.95. The number of carbonyl (C=O) groups excluding carboxylic acids is 1. The van der Waals surface area contributed by atoms with Crippen LogP contribution in [0.25, 0.3) is 0 Å². The third-order valence-corrected chi connectivity index (χ3v) is 3.99. The van der Waals surface area contributed by atoms with Gasteiger partial charge < -0.3 is 4.74 Å². The number of methoxy groups -OCH3 is 1. The van der Waals surface area contributed by atoms with Crippen molar-refractivity contribution in [2.75, 3.05) is 13.7 Å². The van der Waals surface area contributed by atoms with Gasteiger partial charge in [0.05, 0.1) is 6.61 Å². The van der Waals surface area contributed by atoms with Gasteiger partial charge in [-0.25, -0.2) is 0 Å². The van der Waals surface area contributed by atoms with Crippen molar-refractivity contribution >= 4 is 17.1 Å². The summed E-state index contributed by atoms with van der Waals surface area (Å²) in [5.41, 5.74) is 1.28. The van der Waals surface area contributed by atoms with Gasteiger partial charge in [-0.15, -0.1) is 11.3 Å². The number of carbonyl (C=O) groups is 1. The molecule has 82 valence electrons. The second-order valence-electron chi connectivity index (χ2n) is 3.95. The Labute approximate surface area is 94.3 Å². The average molecular weight is 224 g/mol. The van der Waals surface area contributed by atoms with Gasteiger partial charge in [-0.1, -0.05) is 0 Å². The number of aryl methyl sites for hydroxylation is 1. The van der Waals surface area contributed by atoms with Gasteiger partial charge in [0.1, 0.15) is 5.78 Å². The van der Waals surface area contributed by atoms with Crippen LogP contribution in [0.3, 0.4) is 0 Å². The zero-order valence-electron chi connectivity index (χ0n) is 8.99. The van der Waals surface area contributed by atoms with Crippen LogP contribution in [0.1, 0.15) is 35.6 Å². The molecule has 1 unspecified atom stereocenters. The average Bonchev–Trinajstić information content (AvgIpc) is 2.73. The highest BCUT2D eigenvalue weighted by molar-refractivity contribution is 7.10. The monoisotopic (exact) mass is 224 g/mol. The number of hydrogen-bond acceptors (Lipinski definition) is 3. The molecule has 0 aliphatic heterocycles. The van der Waals surface area contributed by atoms with Gasteiger partial charge >= 0.3 is 0 Å². The molecule has 0 N–H and O–H groups in total. The topological polar surface area (TPSA) is 26.3 Å². The standard InChI is InChI=1S/C12H16O2S/c1-14-7-5-11(13)9-3-2-4-12-10(9)6-8-15-12/h6,8-9H,2-5,7H2,1H3. The molecule has 0 saturated heterocycles. The van der Waals surface area contributed by atoms with Gasteiger partial charge in [0.2, 0.25) is 0 Å². The highest BCUT2D eigenvalue weighted by Crippen LogP contribution is 2.35. The van der Waals surface area contributed by atoms with Crippen molar-refractivity contribution in [3.63, 3.8) is 0 Å². The van der Waals surface area contributed by atoms with Crippen molar-refractivity contribution in [3.8, 4) is 0 Å². The Hall–Kier alpha value is -0.670. The minimum Gasteiger partial charge on any atom is -0.384 e. The Morgan fingerprint density at radius 3 is 3.33 bits per heavy atom. The molecule has 0 saturated carbocycles. The van der Waals surface area contributed by atoms with E-state index in [1.165, 1.54) is 10.4 Å². The van der Waals surface area contributed by atoms with E-state index in [-0.39, 0.29) is 5.92 Å². The number of thiophene rings is 1. The number of fused-ring (bicyclic) bond motifs is 1. The summed E-state index contributed by atoms with van der Waals surface area (Å²) in [6, 6.07) is 2.12. The fourth-order valence-corrected chi connectivity index (χ4v) is 3.19. The van der Waals surface area contributed by atoms with Crippen LogP contribution in [0.2, 0.25) is 0 Å². The molecule has 0 amide bonds. The molecule has 0 spiro atoms. The Morgan fingerprint density at radius 1 is 1.67 bits per heavy atom. The molecule has 0 bridgehead atoms. The lowest BCUT2D eigenvalue weighted by Crippen LogP contribution is -2.18. The number of rotatable bonds is 4. The molecule has 0 radical (unpaired) electrons. The third-order valence-electron chi connectivity index (χ3n) is 2.99. The molecule has 0 aromatic carbocycles. The van der Waals surface area contributed by atoms with E-state index in [0.29, 0.717) is 18.8 Å². The largest absolute Gasteiger partial charge is 0.384 e. The Kier molecular flexibility index (Phi) is 3.54. The van der Waals surface area contributed by atoms with E-state index in [1.54, 1.807) is 18.4 Å². The lowest BCUT2D eigenvalue weighted by atomic mass is 9.84. The highest BCUT2D eigenvalue weighted by atomic mass is 32.1. The lowest BCUT2D eigenvalue weighted by Gasteiger charge is -2.21. The summed E-state index contributed by atoms with van der Waals surface area (Å²) in [6.45, 7) is 0.550. The first-order chi connectivity index (χ1) is 7.33. The zero-order valence-corrected chi connectivity index (χ0v) is 9.81. The molecule has 2 rings (SSSR count). The molecule has 1 aliphatic carbocycles. The van der Waals surface area contributed by atoms with Crippen molar-refractivity contribution in [1.82, 2.24) is 0 Å². The quantitative estimate of drug-likeness (QED) is 0.786. The van der Waals surface area contributed by atoms with Crippen LogP contribution in [-0.4, -0.2) is 19.5 Å². The van der Waals surface area contributed by atoms with Crippen LogP contribution >= 0.6 is 11.3 Å². The van der Waals surface area contributed by atoms with Crippen LogP contribution < -0.4 is 0 Å². The maximum absolute atomic E-state index is 11.9. The molecule has 3 heteroatoms. The summed E-state index contributed by atoms with van der Waals surface area (Å²) < 4.78 is 4.95. The molecule has 0 fully saturated rings. The molecule has 1 aromatic heterocycles. The van der Waals surface area contributed by atoms with Crippen molar-refractivity contribution in [2.45, 2.75) is 31.6 Å². The summed E-state index contributed by atoms with van der Waals surface area (Å²) in [5.74, 6) is 0.492. The Bertz CT molecular complexity index is 343. The van der Waals surface area contributed by atoms with Gasteiger partial charge in [0.15, 0.2) is 0 Å². The van der Waals surface area contributed by atoms with Gasteiger partial charge in [-0.3, -0.25) is 4.79 Å². The Morgan fingerprint density at radius 2 is 2.53 bits per heavy atom. The molecule has 15 heavy (non-hydrogen) atoms. The van der Waals surface area contributed by atoms with Gasteiger partial charge in [0.25, 0.3) is 0 Å². The van der Waals surface area contributed by atoms with Crippen LogP contribution in [0.15, 0.2) is 11.4 Å². The molecule has 1 heterocycles. The summed E-state index contributed by atoms with van der Waals surface area (Å²) in [5, 5.41) is 2.10. The number of ketones is 1. The zero-order chi connectivity index (χ0) is 10.7. The van der Waals surface area contributed by atoms with Crippen LogP contribution in [0.4, 0.5) is 0 Å². The first-order valence-corrected chi connectivity index (χ1v) is 6.29. The van der Waals surface area contributed by atoms with E-state index in [9.17, 15) is 4.79 Å². The smallest absolute Gasteiger partial charge is 0.142 e. The van der Waals surface area contributed by atoms with E-state index in [2.05, 4.69) is 11.4 Å². The van der Waals surface area contributed by atoms with Crippen LogP contribution in [-0.2, 0) is 16.0 Å². The van der Waals surface area contributed by atoms with Crippen LogP contribution in [0, 0.1) is 0 Å². The molecule has 1 atom stereocenters. The fraction of sp³-hybridized carbons (Fsp3) is 0.583. The predicted octanol–water partition coefficient (Wildman–Crippen LogP) is 2.77. The second kappa shape index (κ2) is 4.90. The van der Waals surface area contributed by atoms with Gasteiger partial charge in [-0.05, 0) is 36.3 Å². The summed E-state index contributed by atoms with van der Waals surface area (Å²) in [6.07, 6.45) is 3.88. The fourth-order valence-electron chi connectivity index (χ4n) is 2.20. The Balaban J connectivity index is 2.08. The molecule has 1 aromatic rings. The van der Waals surface area contributed by atoms with E-state index in [1.807, 2.05) is 0 Å². The minimum absolute atomic E-state index is 0.148. The van der Waals surface area contributed by atoms with Crippen molar-refractivity contribution in [2.24, 2.45) is 0 Å². The first-order valence-electron chi connectivity index (χ1n) is 5.41. The summed E-state index contributed by atoms with van der Waals surface area (Å²) in [4.78, 5) is 13.4. The normalized spacial score (nSPS) is 19.9. The molecule has 2 nitrogen and oxygen atoms in total. The van der Waals surface area contributed by atoms with Crippen molar-refractivity contribution < 1.29 is 9.53 Å². The lowest BCUT2D eigenvalue weighted by molar-refractivity contribution is -0.121. The van der Waals surface area contributed by atoms with Gasteiger partial charge in [-0.2, -0.15) is 0 Å². The summed E-state index contributed by atoms with van der Waals surface area (Å²) in [7, 11) is 1.64. The first kappa shape index (κ1) is 10.8. The maximum Gasteiger partial charge on any atom is 0.142 e. The third kappa shape index (κ3) is 2.29. The van der Waals surface area contributed by atoms with Crippen LogP contribution in [0.5, 0.6) is 0 Å². The number of hydrogen-bond donors (Lipinski definition) is 0. The van der Waals surface area contributed by atoms with Gasteiger partial charge in [0, 0.05) is 24.3 Å². The SMILES string of the molecule is COCCC(=O)C1CCCc2sccc21. The van der Waals surface area contributed by atoms with E-state index >= 15 is 0 Å². The van der Waals surface area contributed by atoms with E-state index < -0.39 is 0 Å². The highest BCUT2D eigenvalue weighted by Gasteiger charge is 2.26. The van der Waals surface area contributed by atoms with Crippen molar-refractivity contribution in [1.29, 1.82) is 0 Å². The molecular formula is C12H16O2S. The molecule has 1 aliphatic rings. The summed E-state index contributed by atoms with van der Waals surface area (Å²) >= 11 is 1.79. The maximum atomic E-state index is 11.9. The molecular weight excluding hydrogens is 208 g/mol. The predicted molar refractivity (Wildman–Crippen MR) is 61.5 cm³/mol. The number of Topliss-reactive ketones (excluding diaryl/α,β-unsaturated/α-hetero) is 1.